The van der Waals surface area contributed by atoms with Crippen LogP contribution in [0.25, 0.3) is 0 Å². The summed E-state index contributed by atoms with van der Waals surface area (Å²) in [5.41, 5.74) is 6.43. The van der Waals surface area contributed by atoms with Crippen LogP contribution < -0.4 is 5.73 Å². The second-order valence-corrected chi connectivity index (χ2v) is 6.85. The number of carboxylic acids is 1. The maximum absolute atomic E-state index is 11.5. The maximum Gasteiger partial charge on any atom is 0.323 e. The van der Waals surface area contributed by atoms with Crippen molar-refractivity contribution in [2.24, 2.45) is 5.73 Å². The molecule has 2 rings (SSSR count). The van der Waals surface area contributed by atoms with Crippen LogP contribution in [-0.4, -0.2) is 42.5 Å². The molecule has 0 bridgehead atoms. The lowest BCUT2D eigenvalue weighted by molar-refractivity contribution is -0.144. The Labute approximate surface area is 131 Å². The highest BCUT2D eigenvalue weighted by Crippen LogP contribution is 2.25. The SMILES string of the molecule is [B]CCCCC(N)(CCN1CCc2ccsc2C1)C(=O)O. The molecule has 0 fully saturated rings. The zero-order chi connectivity index (χ0) is 15.3. The molecule has 1 aromatic rings. The summed E-state index contributed by atoms with van der Waals surface area (Å²) in [4.78, 5) is 15.2. The second-order valence-electron chi connectivity index (χ2n) is 5.85. The number of carboxylic acid groups (broad SMARTS) is 1. The van der Waals surface area contributed by atoms with E-state index >= 15 is 0 Å². The molecule has 0 aliphatic carbocycles. The van der Waals surface area contributed by atoms with E-state index in [1.165, 1.54) is 10.4 Å². The summed E-state index contributed by atoms with van der Waals surface area (Å²) in [5.74, 6) is -0.895. The molecule has 0 aromatic carbocycles. The molecule has 114 valence electrons. The minimum atomic E-state index is -1.12. The highest BCUT2D eigenvalue weighted by atomic mass is 32.1. The Morgan fingerprint density at radius 1 is 1.48 bits per heavy atom. The summed E-state index contributed by atoms with van der Waals surface area (Å²) in [7, 11) is 5.46. The van der Waals surface area contributed by atoms with Crippen LogP contribution in [0.4, 0.5) is 0 Å². The van der Waals surface area contributed by atoms with E-state index in [0.717, 1.165) is 38.9 Å². The molecule has 1 unspecified atom stereocenters. The van der Waals surface area contributed by atoms with Gasteiger partial charge in [0.25, 0.3) is 0 Å². The molecule has 6 heteroatoms. The van der Waals surface area contributed by atoms with Crippen molar-refractivity contribution in [3.8, 4) is 0 Å². The van der Waals surface area contributed by atoms with Crippen LogP contribution in [0.1, 0.15) is 36.1 Å². The van der Waals surface area contributed by atoms with Gasteiger partial charge in [-0.1, -0.05) is 19.2 Å². The van der Waals surface area contributed by atoms with E-state index in [1.807, 2.05) is 0 Å². The first kappa shape index (κ1) is 16.5. The number of nitrogens with two attached hydrogens (primary N) is 1. The number of thiophene rings is 1. The average molecular weight is 306 g/mol. The first-order valence-corrected chi connectivity index (χ1v) is 8.43. The van der Waals surface area contributed by atoms with Crippen molar-refractivity contribution in [2.75, 3.05) is 13.1 Å². The summed E-state index contributed by atoms with van der Waals surface area (Å²) in [6.07, 6.45) is 4.23. The van der Waals surface area contributed by atoms with E-state index in [9.17, 15) is 9.90 Å². The highest BCUT2D eigenvalue weighted by Gasteiger charge is 2.33. The van der Waals surface area contributed by atoms with Gasteiger partial charge in [0.05, 0.1) is 7.85 Å². The van der Waals surface area contributed by atoms with Crippen molar-refractivity contribution in [2.45, 2.75) is 50.5 Å². The smallest absolute Gasteiger partial charge is 0.323 e. The number of nitrogens with zero attached hydrogens (tertiary/aromatic N) is 1. The number of hydrogen-bond acceptors (Lipinski definition) is 4. The molecule has 3 N–H and O–H groups in total. The highest BCUT2D eigenvalue weighted by molar-refractivity contribution is 7.10. The number of aliphatic carboxylic acids is 1. The van der Waals surface area contributed by atoms with E-state index < -0.39 is 11.5 Å². The molecule has 0 saturated heterocycles. The van der Waals surface area contributed by atoms with Gasteiger partial charge in [0, 0.05) is 24.5 Å². The summed E-state index contributed by atoms with van der Waals surface area (Å²) in [6.45, 7) is 2.65. The molecule has 0 spiro atoms. The lowest BCUT2D eigenvalue weighted by atomic mass is 9.87. The zero-order valence-electron chi connectivity index (χ0n) is 12.4. The molecule has 1 aliphatic heterocycles. The number of rotatable bonds is 8. The predicted molar refractivity (Wildman–Crippen MR) is 86.9 cm³/mol. The van der Waals surface area contributed by atoms with Gasteiger partial charge in [0.15, 0.2) is 0 Å². The largest absolute Gasteiger partial charge is 0.480 e. The lowest BCUT2D eigenvalue weighted by Crippen LogP contribution is -2.50. The summed E-state index contributed by atoms with van der Waals surface area (Å²) in [5, 5.41) is 11.5. The molecule has 21 heavy (non-hydrogen) atoms. The van der Waals surface area contributed by atoms with Gasteiger partial charge in [-0.2, -0.15) is 0 Å². The first-order valence-electron chi connectivity index (χ1n) is 7.55. The van der Waals surface area contributed by atoms with Gasteiger partial charge in [-0.05, 0) is 36.3 Å². The van der Waals surface area contributed by atoms with Crippen molar-refractivity contribution in [3.05, 3.63) is 21.9 Å². The zero-order valence-corrected chi connectivity index (χ0v) is 13.2. The van der Waals surface area contributed by atoms with Gasteiger partial charge in [-0.25, -0.2) is 0 Å². The monoisotopic (exact) mass is 306 g/mol. The third-order valence-electron chi connectivity index (χ3n) is 4.28. The predicted octanol–water partition coefficient (Wildman–Crippen LogP) is 2.04. The van der Waals surface area contributed by atoms with Gasteiger partial charge in [-0.3, -0.25) is 9.69 Å². The fourth-order valence-corrected chi connectivity index (χ4v) is 3.74. The van der Waals surface area contributed by atoms with Crippen LogP contribution in [0.5, 0.6) is 0 Å². The van der Waals surface area contributed by atoms with E-state index in [-0.39, 0.29) is 0 Å². The van der Waals surface area contributed by atoms with Crippen LogP contribution in [0, 0.1) is 0 Å². The van der Waals surface area contributed by atoms with Crippen LogP contribution in [0.2, 0.25) is 6.32 Å². The van der Waals surface area contributed by atoms with Crippen molar-refractivity contribution in [3.63, 3.8) is 0 Å². The molecule has 2 radical (unpaired) electrons. The standard InChI is InChI=1S/C15H23BN2O2S/c16-7-2-1-5-15(17,14(19)20)6-9-18-8-3-12-4-10-21-13(12)11-18/h4,10H,1-3,5-9,11,17H2,(H,19,20). The van der Waals surface area contributed by atoms with E-state index in [2.05, 4.69) is 16.3 Å². The number of unbranched alkanes of at least 4 members (excludes halogenated alkanes) is 1. The minimum absolute atomic E-state index is 0.494. The number of hydrogen-bond donors (Lipinski definition) is 2. The number of fused-ring (bicyclic) bond motifs is 1. The maximum atomic E-state index is 11.5. The molecule has 2 heterocycles. The van der Waals surface area contributed by atoms with Gasteiger partial charge >= 0.3 is 5.97 Å². The quantitative estimate of drug-likeness (QED) is 0.570. The fourth-order valence-electron chi connectivity index (χ4n) is 2.76. The van der Waals surface area contributed by atoms with Crippen LogP contribution in [0.15, 0.2) is 11.4 Å². The Bertz CT molecular complexity index is 480. The lowest BCUT2D eigenvalue weighted by Gasteiger charge is -2.31. The van der Waals surface area contributed by atoms with Crippen LogP contribution in [-0.2, 0) is 17.8 Å². The fraction of sp³-hybridized carbons (Fsp3) is 0.667. The van der Waals surface area contributed by atoms with E-state index in [4.69, 9.17) is 13.6 Å². The average Bonchev–Trinajstić information content (AvgIpc) is 2.92. The molecular weight excluding hydrogens is 283 g/mol. The summed E-state index contributed by atoms with van der Waals surface area (Å²) in [6, 6.07) is 2.19. The Kier molecular flexibility index (Phi) is 5.84. The normalized spacial score (nSPS) is 18.1. The van der Waals surface area contributed by atoms with Gasteiger partial charge in [-0.15, -0.1) is 11.3 Å². The van der Waals surface area contributed by atoms with Crippen LogP contribution >= 0.6 is 11.3 Å². The molecule has 0 amide bonds. The topological polar surface area (TPSA) is 66.6 Å². The third-order valence-corrected chi connectivity index (χ3v) is 5.23. The van der Waals surface area contributed by atoms with Crippen LogP contribution in [0.3, 0.4) is 0 Å². The summed E-state index contributed by atoms with van der Waals surface area (Å²) < 4.78 is 0. The molecular formula is C15H23BN2O2S. The van der Waals surface area contributed by atoms with Crippen molar-refractivity contribution >= 4 is 25.2 Å². The van der Waals surface area contributed by atoms with E-state index in [1.54, 1.807) is 11.3 Å². The van der Waals surface area contributed by atoms with Crippen molar-refractivity contribution in [1.82, 2.24) is 4.90 Å². The summed E-state index contributed by atoms with van der Waals surface area (Å²) >= 11 is 1.78. The molecule has 1 aliphatic rings. The molecule has 1 aromatic heterocycles. The van der Waals surface area contributed by atoms with E-state index in [0.29, 0.717) is 19.2 Å². The molecule has 0 saturated carbocycles. The minimum Gasteiger partial charge on any atom is -0.480 e. The van der Waals surface area contributed by atoms with Gasteiger partial charge < -0.3 is 10.8 Å². The second kappa shape index (κ2) is 7.43. The third kappa shape index (κ3) is 4.31. The Morgan fingerprint density at radius 3 is 3.00 bits per heavy atom. The Hall–Kier alpha value is -0.845. The van der Waals surface area contributed by atoms with Crippen molar-refractivity contribution < 1.29 is 9.90 Å². The van der Waals surface area contributed by atoms with Gasteiger partial charge in [0.2, 0.25) is 0 Å². The first-order chi connectivity index (χ1) is 10.0. The Balaban J connectivity index is 1.86. The molecule has 1 atom stereocenters. The number of carbonyl (C=O) groups is 1. The van der Waals surface area contributed by atoms with Crippen molar-refractivity contribution in [1.29, 1.82) is 0 Å². The molecule has 4 nitrogen and oxygen atoms in total. The Morgan fingerprint density at radius 2 is 2.29 bits per heavy atom. The van der Waals surface area contributed by atoms with Gasteiger partial charge in [0.1, 0.15) is 5.54 Å².